The topological polar surface area (TPSA) is 334 Å². The lowest BCUT2D eigenvalue weighted by Gasteiger charge is -2.29. The molecular weight excluding hydrogens is 1280 g/mol. The number of carbonyl (C=O) groups excluding carboxylic acids is 7. The molecule has 12 rings (SSSR count). The Hall–Kier alpha value is -8.42. The van der Waals surface area contributed by atoms with E-state index in [2.05, 4.69) is 25.8 Å². The van der Waals surface area contributed by atoms with Gasteiger partial charge in [0.25, 0.3) is 17.7 Å². The number of rotatable bonds is 12. The Morgan fingerprint density at radius 2 is 1.36 bits per heavy atom. The number of hydrogen-bond donors (Lipinski definition) is 6. The predicted octanol–water partition coefficient (Wildman–Crippen LogP) is 8.71. The summed E-state index contributed by atoms with van der Waals surface area (Å²) in [7, 11) is 0. The van der Waals surface area contributed by atoms with Crippen LogP contribution in [0.1, 0.15) is 135 Å². The van der Waals surface area contributed by atoms with Crippen LogP contribution in [0.15, 0.2) is 93.6 Å². The summed E-state index contributed by atoms with van der Waals surface area (Å²) in [5, 5.41) is 30.9. The zero-order valence-corrected chi connectivity index (χ0v) is 54.1. The van der Waals surface area contributed by atoms with Crippen molar-refractivity contribution >= 4 is 109 Å². The van der Waals surface area contributed by atoms with Crippen molar-refractivity contribution in [2.24, 2.45) is 17.4 Å². The molecule has 8 N–H and O–H groups in total. The van der Waals surface area contributed by atoms with Crippen molar-refractivity contribution in [3.05, 3.63) is 153 Å². The molecule has 468 valence electrons. The molecule has 10 bridgehead atoms. The molecule has 91 heavy (non-hydrogen) atoms. The molecule has 29 heteroatoms. The van der Waals surface area contributed by atoms with E-state index < -0.39 is 83.6 Å². The van der Waals surface area contributed by atoms with E-state index in [4.69, 9.17) is 46.1 Å². The van der Waals surface area contributed by atoms with Crippen LogP contribution < -0.4 is 27.4 Å². The largest absolute Gasteiger partial charge is 0.441 e. The molecule has 3 aliphatic heterocycles. The van der Waals surface area contributed by atoms with Gasteiger partial charge in [-0.05, 0) is 63.0 Å². The third kappa shape index (κ3) is 13.9. The number of carbonyl (C=O) groups is 7. The quantitative estimate of drug-likeness (QED) is 0.0666. The van der Waals surface area contributed by atoms with Crippen LogP contribution in [0, 0.1) is 19.8 Å². The molecule has 10 heterocycles. The standard InChI is InChI=1S/C62H60N14O9S6/c1-30-11-13-33(14-12-30)21-39-61(83)76-24-46(78)31(2)50(76)60-73-44(29-90-60)58-69-40(25-88-58)49-35(15-16-37(66-49)57-70-41(26-89-57)52(64)80)55-71-42(27-86-55)53(81)67-38(23-47(63)79)59-74-48(32(3)91-59)45(77)22-36(56-72-43(28-87-56)54(82)68-39)51(34-9-5-4-6-10-34)85-62(84)65-17-20-75-18-7-8-19-75/h4-6,9-16,25-29,31,36,38-39,46,50-51,78H,7-8,17-24H2,1-3H3,(H2,63,79)(H2,64,80)(H,65,84)(H,67,81)(H,68,82)/t31-,36-,38-,39-,46-,50-,51+/m0/s1. The van der Waals surface area contributed by atoms with E-state index in [1.807, 2.05) is 43.5 Å². The average Bonchev–Trinajstić information content (AvgIpc) is 1.74. The van der Waals surface area contributed by atoms with Crippen LogP contribution in [0.3, 0.4) is 0 Å². The van der Waals surface area contributed by atoms with Gasteiger partial charge < -0.3 is 47.1 Å². The molecule has 3 aliphatic rings. The number of likely N-dealkylation sites (tertiary alicyclic amines) is 1. The highest BCUT2D eigenvalue weighted by Crippen LogP contribution is 2.44. The maximum Gasteiger partial charge on any atom is 0.407 e. The van der Waals surface area contributed by atoms with Crippen LogP contribution in [-0.2, 0) is 20.7 Å². The number of ketones is 1. The Morgan fingerprint density at radius 1 is 0.703 bits per heavy atom. The molecule has 0 spiro atoms. The molecule has 0 aliphatic carbocycles. The number of alkyl carbamates (subject to hydrolysis) is 1. The number of nitrogens with zero attached hydrogens (tertiary/aromatic N) is 9. The highest BCUT2D eigenvalue weighted by atomic mass is 32.1. The lowest BCUT2D eigenvalue weighted by molar-refractivity contribution is -0.134. The molecule has 9 aromatic rings. The number of ether oxygens (including phenoxy) is 1. The number of aliphatic hydroxyl groups is 1. The fourth-order valence-electron chi connectivity index (χ4n) is 11.3. The Labute approximate surface area is 545 Å². The second-order valence-corrected chi connectivity index (χ2v) is 28.0. The lowest BCUT2D eigenvalue weighted by Crippen LogP contribution is -2.50. The summed E-state index contributed by atoms with van der Waals surface area (Å²) in [5.41, 5.74) is 15.9. The van der Waals surface area contributed by atoms with Gasteiger partial charge in [-0.15, -0.1) is 68.0 Å². The van der Waals surface area contributed by atoms with Gasteiger partial charge in [-0.2, -0.15) is 0 Å². The van der Waals surface area contributed by atoms with Crippen LogP contribution in [0.2, 0.25) is 0 Å². The predicted molar refractivity (Wildman–Crippen MR) is 347 cm³/mol. The van der Waals surface area contributed by atoms with Crippen LogP contribution in [0.4, 0.5) is 4.79 Å². The number of fused-ring (bicyclic) bond motifs is 16. The van der Waals surface area contributed by atoms with Crippen LogP contribution in [-0.4, -0.2) is 136 Å². The Kier molecular flexibility index (Phi) is 18.8. The first kappa shape index (κ1) is 62.8. The number of nitrogens with two attached hydrogens (primary N) is 2. The van der Waals surface area contributed by atoms with Gasteiger partial charge in [0, 0.05) is 75.7 Å². The van der Waals surface area contributed by atoms with Crippen LogP contribution in [0.5, 0.6) is 0 Å². The molecule has 2 saturated heterocycles. The fraction of sp³-hybridized carbons (Fsp3) is 0.323. The van der Waals surface area contributed by atoms with Gasteiger partial charge in [-0.1, -0.05) is 67.1 Å². The van der Waals surface area contributed by atoms with Gasteiger partial charge in [0.1, 0.15) is 82.0 Å². The first-order chi connectivity index (χ1) is 43.9. The Balaban J connectivity index is 0.958. The molecule has 0 saturated carbocycles. The minimum Gasteiger partial charge on any atom is -0.441 e. The maximum absolute atomic E-state index is 15.4. The molecule has 6 amide bonds. The number of benzene rings is 2. The number of Topliss-reactive ketones (excluding diaryl/α,β-unsaturated/α-hetero) is 1. The number of nitrogens with one attached hydrogen (secondary N) is 3. The monoisotopic (exact) mass is 1340 g/mol. The number of aryl methyl sites for hydroxylation is 2. The van der Waals surface area contributed by atoms with Crippen molar-refractivity contribution in [3.63, 3.8) is 0 Å². The number of aliphatic hydroxyl groups excluding tert-OH is 1. The second-order valence-electron chi connectivity index (χ2n) is 22.4. The summed E-state index contributed by atoms with van der Waals surface area (Å²) in [6.07, 6.45) is -1.35. The maximum atomic E-state index is 15.4. The number of aromatic nitrogens is 7. The van der Waals surface area contributed by atoms with Gasteiger partial charge >= 0.3 is 6.09 Å². The lowest BCUT2D eigenvalue weighted by atomic mass is 9.90. The second kappa shape index (κ2) is 27.2. The van der Waals surface area contributed by atoms with Gasteiger partial charge in [-0.3, -0.25) is 28.8 Å². The third-order valence-electron chi connectivity index (χ3n) is 16.0. The van der Waals surface area contributed by atoms with Crippen LogP contribution in [0.25, 0.3) is 43.4 Å². The summed E-state index contributed by atoms with van der Waals surface area (Å²) in [4.78, 5) is 137. The first-order valence-electron chi connectivity index (χ1n) is 29.2. The Morgan fingerprint density at radius 3 is 2.11 bits per heavy atom. The first-order valence-corrected chi connectivity index (χ1v) is 34.4. The van der Waals surface area contributed by atoms with Crippen molar-refractivity contribution in [2.75, 3.05) is 32.7 Å². The fourth-order valence-corrected chi connectivity index (χ4v) is 16.7. The van der Waals surface area contributed by atoms with Gasteiger partial charge in [0.05, 0.1) is 36.2 Å². The highest BCUT2D eigenvalue weighted by Gasteiger charge is 2.46. The summed E-state index contributed by atoms with van der Waals surface area (Å²) in [5.74, 6) is -5.30. The third-order valence-corrected chi connectivity index (χ3v) is 21.6. The number of hydrogen-bond acceptors (Lipinski definition) is 23. The molecule has 23 nitrogen and oxygen atoms in total. The number of thiazole rings is 6. The normalized spacial score (nSPS) is 20.2. The van der Waals surface area contributed by atoms with E-state index in [0.29, 0.717) is 71.9 Å². The van der Waals surface area contributed by atoms with Gasteiger partial charge in [0.2, 0.25) is 11.8 Å². The summed E-state index contributed by atoms with van der Waals surface area (Å²) >= 11 is 7.10. The van der Waals surface area contributed by atoms with E-state index in [0.717, 1.165) is 71.1 Å². The smallest absolute Gasteiger partial charge is 0.407 e. The van der Waals surface area contributed by atoms with Crippen molar-refractivity contribution < 1.29 is 43.4 Å². The SMILES string of the molecule is Cc1ccc(C[C@@H]2NC(=O)c3csc(n3)[C@H]([C@H](OC(=O)NCCN3CCCC3)c3ccccc3)CC(=O)c3nc(sc3C)[C@H](CC(N)=O)NC(=O)c3csc(n3)-c3ccc(-c4nc(C(N)=O)cs4)nc3-c3csc(n3)-c3csc(n3)[C@@H]3[C@@H](C)[C@@H](O)CN3C2=O)cc1. The average molecular weight is 1340 g/mol. The van der Waals surface area contributed by atoms with E-state index in [-0.39, 0.29) is 58.6 Å². The minimum absolute atomic E-state index is 0.00958. The van der Waals surface area contributed by atoms with E-state index in [9.17, 15) is 29.1 Å². The van der Waals surface area contributed by atoms with Crippen LogP contribution >= 0.6 is 68.0 Å². The number of amides is 6. The minimum atomic E-state index is -1.18. The van der Waals surface area contributed by atoms with E-state index in [1.165, 1.54) is 39.4 Å². The summed E-state index contributed by atoms with van der Waals surface area (Å²) < 4.78 is 6.33. The zero-order valence-electron chi connectivity index (χ0n) is 49.2. The number of primary amides is 2. The molecule has 2 aromatic carbocycles. The molecule has 2 fully saturated rings. The summed E-state index contributed by atoms with van der Waals surface area (Å²) in [6.45, 7) is 8.20. The van der Waals surface area contributed by atoms with Gasteiger partial charge in [-0.25, -0.2) is 39.7 Å². The van der Waals surface area contributed by atoms with Crippen molar-refractivity contribution in [2.45, 2.75) is 89.1 Å². The molecule has 0 unspecified atom stereocenters. The van der Waals surface area contributed by atoms with E-state index >= 15 is 9.59 Å². The molecular formula is C62H60N14O9S6. The van der Waals surface area contributed by atoms with Gasteiger partial charge in [0.15, 0.2) is 5.78 Å². The number of pyridine rings is 1. The zero-order chi connectivity index (χ0) is 63.6. The molecule has 7 aromatic heterocycles. The molecule has 7 atom stereocenters. The highest BCUT2D eigenvalue weighted by molar-refractivity contribution is 7.15. The van der Waals surface area contributed by atoms with Crippen molar-refractivity contribution in [1.29, 1.82) is 0 Å². The van der Waals surface area contributed by atoms with E-state index in [1.54, 1.807) is 70.4 Å². The Bertz CT molecular complexity index is 4210. The van der Waals surface area contributed by atoms with Crippen molar-refractivity contribution in [3.8, 4) is 43.4 Å². The summed E-state index contributed by atoms with van der Waals surface area (Å²) in [6, 6.07) is 17.0. The molecule has 0 radical (unpaired) electrons. The van der Waals surface area contributed by atoms with Crippen molar-refractivity contribution in [1.82, 2.24) is 60.6 Å².